The molecule has 0 saturated carbocycles. The van der Waals surface area contributed by atoms with Gasteiger partial charge in [0, 0.05) is 32.0 Å². The van der Waals surface area contributed by atoms with Gasteiger partial charge >= 0.3 is 6.03 Å². The molecule has 0 radical (unpaired) electrons. The highest BCUT2D eigenvalue weighted by atomic mass is 16.2. The maximum atomic E-state index is 11.6. The summed E-state index contributed by atoms with van der Waals surface area (Å²) in [6.07, 6.45) is 4.53. The number of urea groups is 1. The van der Waals surface area contributed by atoms with Crippen LogP contribution in [0, 0.1) is 6.92 Å². The molecular weight excluding hydrogens is 252 g/mol. The molecule has 2 aromatic rings. The maximum Gasteiger partial charge on any atom is 0.315 e. The van der Waals surface area contributed by atoms with E-state index < -0.39 is 0 Å². The van der Waals surface area contributed by atoms with Crippen LogP contribution in [0.1, 0.15) is 17.5 Å². The largest absolute Gasteiger partial charge is 0.338 e. The Morgan fingerprint density at radius 2 is 2.10 bits per heavy atom. The minimum Gasteiger partial charge on any atom is -0.338 e. The second-order valence-electron chi connectivity index (χ2n) is 4.66. The van der Waals surface area contributed by atoms with Gasteiger partial charge < -0.3 is 10.6 Å². The molecule has 0 aliphatic rings. The first kappa shape index (κ1) is 14.1. The Labute approximate surface area is 119 Å². The van der Waals surface area contributed by atoms with Crippen LogP contribution in [0.4, 0.5) is 4.79 Å². The normalized spacial score (nSPS) is 10.2. The van der Waals surface area contributed by atoms with Gasteiger partial charge in [-0.2, -0.15) is 5.10 Å². The number of nitrogens with zero attached hydrogens (tertiary/aromatic N) is 2. The van der Waals surface area contributed by atoms with Crippen LogP contribution in [0.15, 0.2) is 42.7 Å². The van der Waals surface area contributed by atoms with E-state index in [4.69, 9.17) is 0 Å². The quantitative estimate of drug-likeness (QED) is 0.791. The van der Waals surface area contributed by atoms with Crippen molar-refractivity contribution in [3.05, 3.63) is 53.9 Å². The summed E-state index contributed by atoms with van der Waals surface area (Å²) in [6, 6.07) is 9.79. The smallest absolute Gasteiger partial charge is 0.315 e. The molecule has 1 heterocycles. The van der Waals surface area contributed by atoms with Gasteiger partial charge in [-0.25, -0.2) is 4.79 Å². The maximum absolute atomic E-state index is 11.6. The third kappa shape index (κ3) is 4.42. The van der Waals surface area contributed by atoms with Crippen LogP contribution in [0.25, 0.3) is 0 Å². The molecule has 1 aromatic carbocycles. The van der Waals surface area contributed by atoms with E-state index in [9.17, 15) is 4.79 Å². The topological polar surface area (TPSA) is 59.0 Å². The average molecular weight is 272 g/mol. The molecule has 0 bridgehead atoms. The molecule has 0 atom stereocenters. The predicted molar refractivity (Wildman–Crippen MR) is 78.3 cm³/mol. The van der Waals surface area contributed by atoms with Crippen molar-refractivity contribution in [2.45, 2.75) is 26.4 Å². The molecule has 2 amide bonds. The van der Waals surface area contributed by atoms with Crippen LogP contribution < -0.4 is 10.6 Å². The van der Waals surface area contributed by atoms with Crippen molar-refractivity contribution in [1.82, 2.24) is 20.4 Å². The van der Waals surface area contributed by atoms with Crippen LogP contribution in [-0.4, -0.2) is 22.4 Å². The molecule has 5 nitrogen and oxygen atoms in total. The van der Waals surface area contributed by atoms with E-state index in [1.807, 2.05) is 48.1 Å². The first-order chi connectivity index (χ1) is 9.75. The third-order valence-corrected chi connectivity index (χ3v) is 3.11. The molecule has 0 saturated heterocycles. The number of hydrogen-bond donors (Lipinski definition) is 2. The minimum atomic E-state index is -0.131. The summed E-state index contributed by atoms with van der Waals surface area (Å²) in [5, 5.41) is 9.81. The van der Waals surface area contributed by atoms with Gasteiger partial charge in [0.2, 0.25) is 0 Å². The summed E-state index contributed by atoms with van der Waals surface area (Å²) in [5.74, 6) is 0. The molecule has 0 unspecified atom stereocenters. The lowest BCUT2D eigenvalue weighted by molar-refractivity contribution is 0.240. The number of aromatic nitrogens is 2. The molecule has 1 aromatic heterocycles. The van der Waals surface area contributed by atoms with E-state index in [1.54, 1.807) is 6.20 Å². The Hall–Kier alpha value is -2.30. The fourth-order valence-electron chi connectivity index (χ4n) is 1.92. The van der Waals surface area contributed by atoms with Crippen molar-refractivity contribution in [3.8, 4) is 0 Å². The molecule has 5 heteroatoms. The molecule has 2 N–H and O–H groups in total. The number of carbonyl (C=O) groups excluding carboxylic acids is 1. The fraction of sp³-hybridized carbons (Fsp3) is 0.333. The highest BCUT2D eigenvalue weighted by Crippen LogP contribution is 2.05. The van der Waals surface area contributed by atoms with Crippen molar-refractivity contribution < 1.29 is 4.79 Å². The second kappa shape index (κ2) is 7.33. The number of benzene rings is 1. The van der Waals surface area contributed by atoms with E-state index >= 15 is 0 Å². The zero-order valence-electron chi connectivity index (χ0n) is 11.7. The molecule has 0 fully saturated rings. The fourth-order valence-corrected chi connectivity index (χ4v) is 1.92. The molecule has 2 rings (SSSR count). The number of carbonyl (C=O) groups is 1. The third-order valence-electron chi connectivity index (χ3n) is 3.11. The van der Waals surface area contributed by atoms with Gasteiger partial charge in [0.15, 0.2) is 0 Å². The molecule has 20 heavy (non-hydrogen) atoms. The van der Waals surface area contributed by atoms with Crippen molar-refractivity contribution >= 4 is 6.03 Å². The van der Waals surface area contributed by atoms with Crippen LogP contribution in [-0.2, 0) is 13.1 Å². The average Bonchev–Trinajstić information content (AvgIpc) is 2.96. The van der Waals surface area contributed by atoms with Crippen molar-refractivity contribution in [2.75, 3.05) is 6.54 Å². The Kier molecular flexibility index (Phi) is 5.17. The summed E-state index contributed by atoms with van der Waals surface area (Å²) in [4.78, 5) is 11.6. The lowest BCUT2D eigenvalue weighted by Gasteiger charge is -2.09. The van der Waals surface area contributed by atoms with Gasteiger partial charge in [-0.15, -0.1) is 0 Å². The highest BCUT2D eigenvalue weighted by Gasteiger charge is 2.01. The van der Waals surface area contributed by atoms with Gasteiger partial charge in [-0.1, -0.05) is 24.3 Å². The Morgan fingerprint density at radius 3 is 2.85 bits per heavy atom. The van der Waals surface area contributed by atoms with Gasteiger partial charge in [-0.3, -0.25) is 4.68 Å². The van der Waals surface area contributed by atoms with Gasteiger partial charge in [0.1, 0.15) is 0 Å². The number of rotatable bonds is 6. The van der Waals surface area contributed by atoms with Gasteiger partial charge in [0.25, 0.3) is 0 Å². The lowest BCUT2D eigenvalue weighted by Crippen LogP contribution is -2.36. The Balaban J connectivity index is 1.62. The number of hydrogen-bond acceptors (Lipinski definition) is 2. The van der Waals surface area contributed by atoms with E-state index in [1.165, 1.54) is 5.56 Å². The molecule has 0 spiro atoms. The summed E-state index contributed by atoms with van der Waals surface area (Å²) in [7, 11) is 0. The monoisotopic (exact) mass is 272 g/mol. The van der Waals surface area contributed by atoms with E-state index in [-0.39, 0.29) is 6.03 Å². The minimum absolute atomic E-state index is 0.131. The van der Waals surface area contributed by atoms with Crippen LogP contribution >= 0.6 is 0 Å². The second-order valence-corrected chi connectivity index (χ2v) is 4.66. The van der Waals surface area contributed by atoms with Crippen LogP contribution in [0.3, 0.4) is 0 Å². The Bertz CT molecular complexity index is 537. The standard InChI is InChI=1S/C15H20N4O/c1-13-6-2-3-7-14(13)12-17-15(20)16-8-4-10-19-11-5-9-18-19/h2-3,5-7,9,11H,4,8,10,12H2,1H3,(H2,16,17,20). The highest BCUT2D eigenvalue weighted by molar-refractivity contribution is 5.73. The van der Waals surface area contributed by atoms with Crippen LogP contribution in [0.5, 0.6) is 0 Å². The van der Waals surface area contributed by atoms with Crippen LogP contribution in [0.2, 0.25) is 0 Å². The molecule has 106 valence electrons. The van der Waals surface area contributed by atoms with E-state index in [0.29, 0.717) is 13.1 Å². The summed E-state index contributed by atoms with van der Waals surface area (Å²) >= 11 is 0. The first-order valence-corrected chi connectivity index (χ1v) is 6.79. The Morgan fingerprint density at radius 1 is 1.25 bits per heavy atom. The molecule has 0 aliphatic carbocycles. The number of nitrogens with one attached hydrogen (secondary N) is 2. The van der Waals surface area contributed by atoms with Gasteiger partial charge in [-0.05, 0) is 30.5 Å². The van der Waals surface area contributed by atoms with Crippen molar-refractivity contribution in [3.63, 3.8) is 0 Å². The van der Waals surface area contributed by atoms with Crippen molar-refractivity contribution in [2.24, 2.45) is 0 Å². The number of amides is 2. The van der Waals surface area contributed by atoms with Crippen molar-refractivity contribution in [1.29, 1.82) is 0 Å². The van der Waals surface area contributed by atoms with Gasteiger partial charge in [0.05, 0.1) is 0 Å². The first-order valence-electron chi connectivity index (χ1n) is 6.79. The zero-order valence-corrected chi connectivity index (χ0v) is 11.7. The molecular formula is C15H20N4O. The number of aryl methyl sites for hydroxylation is 2. The summed E-state index contributed by atoms with van der Waals surface area (Å²) in [5.41, 5.74) is 2.32. The lowest BCUT2D eigenvalue weighted by atomic mass is 10.1. The zero-order chi connectivity index (χ0) is 14.2. The SMILES string of the molecule is Cc1ccccc1CNC(=O)NCCCn1cccn1. The molecule has 0 aliphatic heterocycles. The summed E-state index contributed by atoms with van der Waals surface area (Å²) < 4.78 is 1.85. The van der Waals surface area contributed by atoms with E-state index in [0.717, 1.165) is 18.5 Å². The predicted octanol–water partition coefficient (Wildman–Crippen LogP) is 2.08. The summed E-state index contributed by atoms with van der Waals surface area (Å²) in [6.45, 7) is 4.04. The van der Waals surface area contributed by atoms with E-state index in [2.05, 4.69) is 15.7 Å².